The Hall–Kier alpha value is -0.340. The monoisotopic (exact) mass is 265 g/mol. The Kier molecular flexibility index (Phi) is 5.25. The van der Waals surface area contributed by atoms with E-state index in [1.165, 1.54) is 48.3 Å². The third-order valence-corrected chi connectivity index (χ3v) is 5.10. The van der Waals surface area contributed by atoms with E-state index in [-0.39, 0.29) is 0 Å². The highest BCUT2D eigenvalue weighted by Crippen LogP contribution is 2.23. The highest BCUT2D eigenvalue weighted by molar-refractivity contribution is 7.11. The van der Waals surface area contributed by atoms with Gasteiger partial charge in [0.25, 0.3) is 0 Å². The highest BCUT2D eigenvalue weighted by atomic mass is 32.1. The fourth-order valence-electron chi connectivity index (χ4n) is 3.01. The normalized spacial score (nSPS) is 26.8. The van der Waals surface area contributed by atoms with E-state index in [0.717, 1.165) is 12.0 Å². The van der Waals surface area contributed by atoms with Gasteiger partial charge in [-0.25, -0.2) is 0 Å². The van der Waals surface area contributed by atoms with E-state index >= 15 is 0 Å². The van der Waals surface area contributed by atoms with Gasteiger partial charge in [-0.05, 0) is 57.6 Å². The molecule has 1 aliphatic rings. The van der Waals surface area contributed by atoms with Crippen molar-refractivity contribution < 1.29 is 0 Å². The molecule has 1 nitrogen and oxygen atoms in total. The number of rotatable bonds is 4. The molecule has 0 amide bonds. The topological polar surface area (TPSA) is 12.0 Å². The molecule has 1 aromatic heterocycles. The van der Waals surface area contributed by atoms with Crippen LogP contribution in [0, 0.1) is 12.8 Å². The van der Waals surface area contributed by atoms with Crippen molar-refractivity contribution in [3.63, 3.8) is 0 Å². The van der Waals surface area contributed by atoms with Crippen LogP contribution in [0.4, 0.5) is 0 Å². The maximum absolute atomic E-state index is 3.84. The van der Waals surface area contributed by atoms with Crippen LogP contribution in [0.1, 0.15) is 55.7 Å². The standard InChI is InChI=1S/C16H27NS/c1-12-5-4-6-15(9-7-12)17-13(2)11-16-10-8-14(3)18-16/h8,10,12-13,15,17H,4-7,9,11H2,1-3H3. The Bertz CT molecular complexity index is 358. The fourth-order valence-corrected chi connectivity index (χ4v) is 4.03. The van der Waals surface area contributed by atoms with E-state index in [1.54, 1.807) is 0 Å². The van der Waals surface area contributed by atoms with Crippen molar-refractivity contribution in [3.05, 3.63) is 21.9 Å². The summed E-state index contributed by atoms with van der Waals surface area (Å²) >= 11 is 1.94. The van der Waals surface area contributed by atoms with Crippen LogP contribution in [-0.4, -0.2) is 12.1 Å². The minimum Gasteiger partial charge on any atom is -0.311 e. The first-order valence-electron chi connectivity index (χ1n) is 7.45. The van der Waals surface area contributed by atoms with E-state index in [0.29, 0.717) is 6.04 Å². The van der Waals surface area contributed by atoms with Gasteiger partial charge in [-0.1, -0.05) is 19.8 Å². The number of hydrogen-bond acceptors (Lipinski definition) is 2. The van der Waals surface area contributed by atoms with Gasteiger partial charge >= 0.3 is 0 Å². The van der Waals surface area contributed by atoms with Gasteiger partial charge in [0.05, 0.1) is 0 Å². The largest absolute Gasteiger partial charge is 0.311 e. The maximum Gasteiger partial charge on any atom is 0.00896 e. The Labute approximate surface area is 116 Å². The van der Waals surface area contributed by atoms with Crippen LogP contribution >= 0.6 is 11.3 Å². The van der Waals surface area contributed by atoms with Crippen molar-refractivity contribution in [1.82, 2.24) is 5.32 Å². The Morgan fingerprint density at radius 2 is 2.11 bits per heavy atom. The van der Waals surface area contributed by atoms with Crippen molar-refractivity contribution in [3.8, 4) is 0 Å². The molecule has 0 aliphatic heterocycles. The van der Waals surface area contributed by atoms with Crippen LogP contribution in [0.5, 0.6) is 0 Å². The Morgan fingerprint density at radius 1 is 1.28 bits per heavy atom. The molecule has 0 aromatic carbocycles. The van der Waals surface area contributed by atoms with Crippen molar-refractivity contribution in [1.29, 1.82) is 0 Å². The minimum absolute atomic E-state index is 0.612. The van der Waals surface area contributed by atoms with E-state index in [4.69, 9.17) is 0 Å². The van der Waals surface area contributed by atoms with Gasteiger partial charge in [-0.15, -0.1) is 11.3 Å². The predicted molar refractivity (Wildman–Crippen MR) is 81.4 cm³/mol. The molecular formula is C16H27NS. The molecule has 2 rings (SSSR count). The first kappa shape index (κ1) is 14.1. The van der Waals surface area contributed by atoms with E-state index in [1.807, 2.05) is 11.3 Å². The SMILES string of the molecule is Cc1ccc(CC(C)NC2CCCC(C)CC2)s1. The summed E-state index contributed by atoms with van der Waals surface area (Å²) < 4.78 is 0. The molecule has 1 saturated carbocycles. The summed E-state index contributed by atoms with van der Waals surface area (Å²) in [5.74, 6) is 0.937. The summed E-state index contributed by atoms with van der Waals surface area (Å²) in [5, 5.41) is 3.84. The quantitative estimate of drug-likeness (QED) is 0.788. The van der Waals surface area contributed by atoms with E-state index in [9.17, 15) is 0 Å². The van der Waals surface area contributed by atoms with Gasteiger partial charge in [0.2, 0.25) is 0 Å². The number of aryl methyl sites for hydroxylation is 1. The molecule has 1 aromatic rings. The zero-order valence-electron chi connectivity index (χ0n) is 12.0. The molecule has 1 N–H and O–H groups in total. The van der Waals surface area contributed by atoms with Gasteiger partial charge in [-0.3, -0.25) is 0 Å². The predicted octanol–water partition coefficient (Wildman–Crippen LogP) is 4.55. The van der Waals surface area contributed by atoms with E-state index < -0.39 is 0 Å². The first-order chi connectivity index (χ1) is 8.63. The molecule has 0 radical (unpaired) electrons. The fraction of sp³-hybridized carbons (Fsp3) is 0.750. The molecule has 102 valence electrons. The smallest absolute Gasteiger partial charge is 0.00896 e. The molecule has 1 aliphatic carbocycles. The average molecular weight is 265 g/mol. The van der Waals surface area contributed by atoms with Gasteiger partial charge in [0.15, 0.2) is 0 Å². The second-order valence-corrected chi connectivity index (χ2v) is 7.47. The summed E-state index contributed by atoms with van der Waals surface area (Å²) in [6.07, 6.45) is 8.17. The lowest BCUT2D eigenvalue weighted by Gasteiger charge is -2.21. The summed E-state index contributed by atoms with van der Waals surface area (Å²) in [6, 6.07) is 5.89. The zero-order valence-corrected chi connectivity index (χ0v) is 12.9. The summed E-state index contributed by atoms with van der Waals surface area (Å²) in [5.41, 5.74) is 0. The van der Waals surface area contributed by atoms with Gasteiger partial charge in [-0.2, -0.15) is 0 Å². The lowest BCUT2D eigenvalue weighted by molar-refractivity contribution is 0.401. The van der Waals surface area contributed by atoms with Crippen LogP contribution in [0.15, 0.2) is 12.1 Å². The third-order valence-electron chi connectivity index (χ3n) is 4.08. The van der Waals surface area contributed by atoms with Crippen LogP contribution in [0.3, 0.4) is 0 Å². The lowest BCUT2D eigenvalue weighted by Crippen LogP contribution is -2.37. The van der Waals surface area contributed by atoms with Crippen LogP contribution in [0.2, 0.25) is 0 Å². The minimum atomic E-state index is 0.612. The molecule has 2 heteroatoms. The van der Waals surface area contributed by atoms with Crippen LogP contribution in [0.25, 0.3) is 0 Å². The summed E-state index contributed by atoms with van der Waals surface area (Å²) in [7, 11) is 0. The number of hydrogen-bond donors (Lipinski definition) is 1. The van der Waals surface area contributed by atoms with Crippen molar-refractivity contribution in [2.45, 2.75) is 71.4 Å². The first-order valence-corrected chi connectivity index (χ1v) is 8.26. The Morgan fingerprint density at radius 3 is 2.83 bits per heavy atom. The van der Waals surface area contributed by atoms with Crippen molar-refractivity contribution in [2.24, 2.45) is 5.92 Å². The molecule has 3 unspecified atom stereocenters. The van der Waals surface area contributed by atoms with Gasteiger partial charge in [0, 0.05) is 21.8 Å². The second-order valence-electron chi connectivity index (χ2n) is 6.09. The summed E-state index contributed by atoms with van der Waals surface area (Å²) in [4.78, 5) is 2.95. The molecular weight excluding hydrogens is 238 g/mol. The molecule has 1 fully saturated rings. The molecule has 18 heavy (non-hydrogen) atoms. The molecule has 0 saturated heterocycles. The third kappa shape index (κ3) is 4.40. The molecule has 3 atom stereocenters. The van der Waals surface area contributed by atoms with Gasteiger partial charge < -0.3 is 5.32 Å². The van der Waals surface area contributed by atoms with E-state index in [2.05, 4.69) is 38.2 Å². The average Bonchev–Trinajstić information content (AvgIpc) is 2.59. The molecule has 0 spiro atoms. The van der Waals surface area contributed by atoms with Crippen molar-refractivity contribution >= 4 is 11.3 Å². The molecule has 1 heterocycles. The van der Waals surface area contributed by atoms with Gasteiger partial charge in [0.1, 0.15) is 0 Å². The lowest BCUT2D eigenvalue weighted by atomic mass is 10.0. The Balaban J connectivity index is 1.78. The summed E-state index contributed by atoms with van der Waals surface area (Å²) in [6.45, 7) is 6.93. The zero-order chi connectivity index (χ0) is 13.0. The van der Waals surface area contributed by atoms with Crippen molar-refractivity contribution in [2.75, 3.05) is 0 Å². The number of nitrogens with one attached hydrogen (secondary N) is 1. The highest BCUT2D eigenvalue weighted by Gasteiger charge is 2.17. The van der Waals surface area contributed by atoms with Crippen LogP contribution in [-0.2, 0) is 6.42 Å². The number of thiophene rings is 1. The second kappa shape index (κ2) is 6.72. The van der Waals surface area contributed by atoms with Crippen LogP contribution < -0.4 is 5.32 Å². The maximum atomic E-state index is 3.84. The molecule has 0 bridgehead atoms.